The van der Waals surface area contributed by atoms with Crippen molar-refractivity contribution in [1.82, 2.24) is 10.2 Å². The first kappa shape index (κ1) is 22.7. The van der Waals surface area contributed by atoms with E-state index in [1.54, 1.807) is 17.4 Å². The highest BCUT2D eigenvalue weighted by Gasteiger charge is 2.43. The van der Waals surface area contributed by atoms with E-state index in [0.29, 0.717) is 24.6 Å². The quantitative estimate of drug-likeness (QED) is 0.676. The monoisotopic (exact) mass is 477 g/mol. The Labute approximate surface area is 196 Å². The van der Waals surface area contributed by atoms with Crippen LogP contribution in [0.1, 0.15) is 41.7 Å². The van der Waals surface area contributed by atoms with Crippen LogP contribution in [0.2, 0.25) is 0 Å². The van der Waals surface area contributed by atoms with E-state index in [1.807, 2.05) is 11.4 Å². The SMILES string of the molecule is O=C(NCCc1cccs1)[C@H]1Cc2cc(C(F)(F)F)ccc2N2CCN(C3CCCC3)C[C@H]12. The molecule has 1 aliphatic carbocycles. The molecule has 2 atom stereocenters. The predicted molar refractivity (Wildman–Crippen MR) is 125 cm³/mol. The minimum atomic E-state index is -4.38. The number of carbonyl (C=O) groups excluding carboxylic acids is 1. The first-order valence-electron chi connectivity index (χ1n) is 11.9. The number of alkyl halides is 3. The molecule has 0 radical (unpaired) electrons. The van der Waals surface area contributed by atoms with Gasteiger partial charge in [-0.1, -0.05) is 18.9 Å². The van der Waals surface area contributed by atoms with Crippen LogP contribution in [0, 0.1) is 5.92 Å². The molecule has 0 spiro atoms. The van der Waals surface area contributed by atoms with E-state index in [1.165, 1.54) is 42.7 Å². The summed E-state index contributed by atoms with van der Waals surface area (Å²) in [5, 5.41) is 5.10. The summed E-state index contributed by atoms with van der Waals surface area (Å²) >= 11 is 1.66. The Morgan fingerprint density at radius 1 is 1.15 bits per heavy atom. The van der Waals surface area contributed by atoms with Gasteiger partial charge in [0.1, 0.15) is 0 Å². The van der Waals surface area contributed by atoms with Gasteiger partial charge in [0.25, 0.3) is 0 Å². The van der Waals surface area contributed by atoms with Gasteiger partial charge in [-0.3, -0.25) is 9.69 Å². The number of rotatable bonds is 5. The summed E-state index contributed by atoms with van der Waals surface area (Å²) in [4.78, 5) is 19.3. The highest BCUT2D eigenvalue weighted by Crippen LogP contribution is 2.40. The molecule has 8 heteroatoms. The molecular formula is C25H30F3N3OS. The van der Waals surface area contributed by atoms with Crippen LogP contribution in [0.3, 0.4) is 0 Å². The van der Waals surface area contributed by atoms with E-state index in [4.69, 9.17) is 0 Å². The fourth-order valence-electron chi connectivity index (χ4n) is 5.82. The first-order valence-corrected chi connectivity index (χ1v) is 12.8. The maximum absolute atomic E-state index is 13.4. The molecule has 1 aromatic carbocycles. The van der Waals surface area contributed by atoms with Gasteiger partial charge in [-0.25, -0.2) is 0 Å². The number of thiophene rings is 1. The standard InChI is InChI=1S/C25H30F3N3OS/c26-25(27,28)18-7-8-22-17(14-18)15-21(24(32)29-10-9-20-6-3-13-33-20)23-16-30(11-12-31(22)23)19-4-1-2-5-19/h3,6-8,13-14,19,21,23H,1-2,4-5,9-12,15-16H2,(H,29,32)/t21-,23+/m0/s1. The van der Waals surface area contributed by atoms with Crippen molar-refractivity contribution >= 4 is 22.9 Å². The number of hydrogen-bond donors (Lipinski definition) is 1. The van der Waals surface area contributed by atoms with Gasteiger partial charge in [-0.2, -0.15) is 13.2 Å². The molecule has 1 saturated carbocycles. The Hall–Kier alpha value is -2.06. The maximum Gasteiger partial charge on any atom is 0.416 e. The molecule has 5 rings (SSSR count). The number of benzene rings is 1. The third kappa shape index (κ3) is 4.78. The number of hydrogen-bond acceptors (Lipinski definition) is 4. The second kappa shape index (κ2) is 9.29. The van der Waals surface area contributed by atoms with E-state index in [9.17, 15) is 18.0 Å². The van der Waals surface area contributed by atoms with Crippen molar-refractivity contribution in [3.63, 3.8) is 0 Å². The summed E-state index contributed by atoms with van der Waals surface area (Å²) in [5.41, 5.74) is 0.858. The van der Waals surface area contributed by atoms with Gasteiger partial charge in [0.05, 0.1) is 17.5 Å². The van der Waals surface area contributed by atoms with Gasteiger partial charge < -0.3 is 10.2 Å². The number of nitrogens with zero attached hydrogens (tertiary/aromatic N) is 2. The molecular weight excluding hydrogens is 447 g/mol. The molecule has 1 N–H and O–H groups in total. The number of amides is 1. The Kier molecular flexibility index (Phi) is 6.40. The van der Waals surface area contributed by atoms with Crippen LogP contribution >= 0.6 is 11.3 Å². The van der Waals surface area contributed by atoms with E-state index < -0.39 is 11.7 Å². The molecule has 1 aromatic heterocycles. The Morgan fingerprint density at radius 2 is 1.97 bits per heavy atom. The fourth-order valence-corrected chi connectivity index (χ4v) is 6.53. The van der Waals surface area contributed by atoms with Crippen molar-refractivity contribution in [3.8, 4) is 0 Å². The number of carbonyl (C=O) groups is 1. The van der Waals surface area contributed by atoms with Crippen LogP contribution in [0.5, 0.6) is 0 Å². The summed E-state index contributed by atoms with van der Waals surface area (Å²) in [6.45, 7) is 2.99. The Morgan fingerprint density at radius 3 is 2.70 bits per heavy atom. The Balaban J connectivity index is 1.38. The van der Waals surface area contributed by atoms with Gasteiger partial charge in [0.2, 0.25) is 5.91 Å². The summed E-state index contributed by atoms with van der Waals surface area (Å²) < 4.78 is 40.1. The lowest BCUT2D eigenvalue weighted by Gasteiger charge is -2.50. The summed E-state index contributed by atoms with van der Waals surface area (Å²) in [6.07, 6.45) is 1.66. The second-order valence-electron chi connectivity index (χ2n) is 9.47. The molecule has 4 nitrogen and oxygen atoms in total. The largest absolute Gasteiger partial charge is 0.416 e. The number of fused-ring (bicyclic) bond motifs is 3. The average molecular weight is 478 g/mol. The smallest absolute Gasteiger partial charge is 0.365 e. The van der Waals surface area contributed by atoms with E-state index >= 15 is 0 Å². The minimum absolute atomic E-state index is 0.00896. The van der Waals surface area contributed by atoms with Crippen LogP contribution in [0.25, 0.3) is 0 Å². The molecule has 0 bridgehead atoms. The van der Waals surface area contributed by atoms with Gasteiger partial charge in [-0.15, -0.1) is 11.3 Å². The van der Waals surface area contributed by atoms with Gasteiger partial charge in [0, 0.05) is 42.8 Å². The summed E-state index contributed by atoms with van der Waals surface area (Å²) in [6, 6.07) is 8.65. The molecule has 3 aliphatic rings. The summed E-state index contributed by atoms with van der Waals surface area (Å²) in [5.74, 6) is -0.397. The fraction of sp³-hybridized carbons (Fsp3) is 0.560. The van der Waals surface area contributed by atoms with Gasteiger partial charge >= 0.3 is 6.18 Å². The topological polar surface area (TPSA) is 35.6 Å². The van der Waals surface area contributed by atoms with E-state index in [0.717, 1.165) is 31.7 Å². The van der Waals surface area contributed by atoms with Crippen LogP contribution < -0.4 is 10.2 Å². The normalized spacial score (nSPS) is 23.9. The lowest BCUT2D eigenvalue weighted by atomic mass is 9.82. The molecule has 1 amide bonds. The lowest BCUT2D eigenvalue weighted by molar-refractivity contribution is -0.137. The second-order valence-corrected chi connectivity index (χ2v) is 10.5. The molecule has 2 aromatic rings. The van der Waals surface area contributed by atoms with Gasteiger partial charge in [-0.05, 0) is 60.9 Å². The third-order valence-corrected chi connectivity index (χ3v) is 8.44. The van der Waals surface area contributed by atoms with Crippen molar-refractivity contribution in [2.45, 2.75) is 56.8 Å². The first-order chi connectivity index (χ1) is 15.9. The molecule has 33 heavy (non-hydrogen) atoms. The lowest BCUT2D eigenvalue weighted by Crippen LogP contribution is -2.62. The van der Waals surface area contributed by atoms with E-state index in [2.05, 4.69) is 21.2 Å². The molecule has 178 valence electrons. The number of piperazine rings is 1. The van der Waals surface area contributed by atoms with Gasteiger partial charge in [0.15, 0.2) is 0 Å². The maximum atomic E-state index is 13.4. The number of nitrogens with one attached hydrogen (secondary N) is 1. The highest BCUT2D eigenvalue weighted by atomic mass is 32.1. The van der Waals surface area contributed by atoms with Crippen molar-refractivity contribution in [1.29, 1.82) is 0 Å². The zero-order valence-corrected chi connectivity index (χ0v) is 19.4. The number of halogens is 3. The van der Waals surface area contributed by atoms with E-state index in [-0.39, 0.29) is 17.9 Å². The van der Waals surface area contributed by atoms with Crippen LogP contribution in [0.4, 0.5) is 18.9 Å². The van der Waals surface area contributed by atoms with Crippen molar-refractivity contribution in [3.05, 3.63) is 51.7 Å². The summed E-state index contributed by atoms with van der Waals surface area (Å²) in [7, 11) is 0. The molecule has 3 heterocycles. The molecule has 2 fully saturated rings. The van der Waals surface area contributed by atoms with Crippen molar-refractivity contribution in [2.75, 3.05) is 31.1 Å². The van der Waals surface area contributed by atoms with Crippen LogP contribution in [0.15, 0.2) is 35.7 Å². The predicted octanol–water partition coefficient (Wildman–Crippen LogP) is 4.73. The van der Waals surface area contributed by atoms with Crippen molar-refractivity contribution in [2.24, 2.45) is 5.92 Å². The molecule has 1 saturated heterocycles. The average Bonchev–Trinajstić information content (AvgIpc) is 3.51. The Bertz CT molecular complexity index is 972. The molecule has 2 aliphatic heterocycles. The van der Waals surface area contributed by atoms with Crippen LogP contribution in [-0.2, 0) is 23.8 Å². The zero-order valence-electron chi connectivity index (χ0n) is 18.6. The minimum Gasteiger partial charge on any atom is -0.365 e. The molecule has 0 unspecified atom stereocenters. The number of anilines is 1. The van der Waals surface area contributed by atoms with Crippen LogP contribution in [-0.4, -0.2) is 49.1 Å². The zero-order chi connectivity index (χ0) is 23.0. The third-order valence-electron chi connectivity index (χ3n) is 7.50. The highest BCUT2D eigenvalue weighted by molar-refractivity contribution is 7.09. The van der Waals surface area contributed by atoms with Crippen molar-refractivity contribution < 1.29 is 18.0 Å².